The second kappa shape index (κ2) is 62.4. The van der Waals surface area contributed by atoms with E-state index >= 15 is 0 Å². The van der Waals surface area contributed by atoms with E-state index in [9.17, 15) is 28.9 Å². The van der Waals surface area contributed by atoms with Crippen LogP contribution in [0.2, 0.25) is 0 Å². The first-order chi connectivity index (χ1) is 40.2. The summed E-state index contributed by atoms with van der Waals surface area (Å²) < 4.78 is 39.6. The van der Waals surface area contributed by atoms with Gasteiger partial charge in [0.15, 0.2) is 6.10 Å². The van der Waals surface area contributed by atoms with Crippen molar-refractivity contribution in [2.75, 3.05) is 26.4 Å². The fraction of sp³-hybridized carbons (Fsp3) is 0.614. The molecular weight excluding hydrogens is 1050 g/mol. The van der Waals surface area contributed by atoms with Gasteiger partial charge in [0.05, 0.1) is 19.8 Å². The Labute approximate surface area is 499 Å². The summed E-state index contributed by atoms with van der Waals surface area (Å²) in [6.07, 6.45) is 80.8. The van der Waals surface area contributed by atoms with E-state index in [1.54, 1.807) is 0 Å². The van der Waals surface area contributed by atoms with Gasteiger partial charge in [0, 0.05) is 19.3 Å². The zero-order valence-electron chi connectivity index (χ0n) is 51.4. The molecule has 0 heterocycles. The number of hydrogen-bond acceptors (Lipinski definition) is 10. The number of rotatable bonds is 57. The molecule has 0 aliphatic carbocycles. The monoisotopic (exact) mass is 1160 g/mol. The van der Waals surface area contributed by atoms with Gasteiger partial charge in [0.25, 0.3) is 0 Å². The lowest BCUT2D eigenvalue weighted by Gasteiger charge is -2.21. The van der Waals surface area contributed by atoms with Crippen molar-refractivity contribution >= 4 is 25.7 Å². The number of unbranched alkanes of at least 4 members (excludes halogenated alkanes) is 16. The number of allylic oxidation sites excluding steroid dienone is 24. The minimum absolute atomic E-state index is 0.117. The van der Waals surface area contributed by atoms with Gasteiger partial charge in [-0.1, -0.05) is 231 Å². The molecule has 0 aromatic carbocycles. The third-order valence-electron chi connectivity index (χ3n) is 12.7. The van der Waals surface area contributed by atoms with Gasteiger partial charge < -0.3 is 24.2 Å². The second-order valence-corrected chi connectivity index (χ2v) is 21.9. The van der Waals surface area contributed by atoms with E-state index in [0.29, 0.717) is 19.3 Å². The Hall–Kier alpha value is -4.64. The van der Waals surface area contributed by atoms with Crippen molar-refractivity contribution in [1.82, 2.24) is 0 Å². The number of phosphoric acid groups is 1. The summed E-state index contributed by atoms with van der Waals surface area (Å²) in [4.78, 5) is 48.8. The van der Waals surface area contributed by atoms with Crippen LogP contribution in [0, 0.1) is 0 Å². The van der Waals surface area contributed by atoms with E-state index in [0.717, 1.165) is 167 Å². The minimum Gasteiger partial charge on any atom is -0.462 e. The number of carbonyl (C=O) groups excluding carboxylic acids is 3. The van der Waals surface area contributed by atoms with E-state index in [-0.39, 0.29) is 25.9 Å². The van der Waals surface area contributed by atoms with Gasteiger partial charge in [0.1, 0.15) is 12.7 Å². The van der Waals surface area contributed by atoms with Gasteiger partial charge in [0.2, 0.25) is 0 Å². The number of carbonyl (C=O) groups is 3. The number of hydrogen-bond donors (Lipinski definition) is 2. The molecule has 0 bridgehead atoms. The standard InChI is InChI=1S/C70H113O11P/c1-4-7-10-13-16-19-22-25-28-31-33-36-39-42-45-48-51-54-57-60-69(73)80-66(62-71)64-78-82(75,76)79-65-67(63-77-68(72)59-56-53-50-47-44-41-38-35-30-27-24-21-18-15-12-9-6-3)81-70(74)61-58-55-52-49-46-43-40-37-34-32-29-26-23-20-17-14-11-8-5-2/h7-12,16-21,25-30,33-34,36-37,43,46,66-67,71H,4-6,13-15,22-24,31-32,35,38-42,44-45,47-65H2,1-3H3,(H,75,76)/b10-7-,11-8-,12-9-,19-16-,20-17-,21-18-,28-25-,29-26-,30-27-,36-33-,37-34-,46-43-. The average molecular weight is 1160 g/mol. The van der Waals surface area contributed by atoms with Crippen molar-refractivity contribution in [3.63, 3.8) is 0 Å². The maximum absolute atomic E-state index is 13.0. The summed E-state index contributed by atoms with van der Waals surface area (Å²) in [5.74, 6) is -1.54. The highest BCUT2D eigenvalue weighted by Crippen LogP contribution is 2.43. The molecular formula is C70H113O11P. The van der Waals surface area contributed by atoms with Gasteiger partial charge in [-0.25, -0.2) is 4.57 Å². The smallest absolute Gasteiger partial charge is 0.462 e. The molecule has 0 fully saturated rings. The molecule has 0 aromatic rings. The van der Waals surface area contributed by atoms with Gasteiger partial charge in [-0.3, -0.25) is 23.4 Å². The van der Waals surface area contributed by atoms with Crippen LogP contribution in [-0.2, 0) is 42.2 Å². The van der Waals surface area contributed by atoms with Gasteiger partial charge in [-0.2, -0.15) is 0 Å². The molecule has 0 aliphatic rings. The molecule has 12 heteroatoms. The van der Waals surface area contributed by atoms with Crippen LogP contribution in [0.15, 0.2) is 146 Å². The maximum atomic E-state index is 13.0. The number of aliphatic hydroxyl groups excluding tert-OH is 1. The third-order valence-corrected chi connectivity index (χ3v) is 13.7. The first-order valence-corrected chi connectivity index (χ1v) is 33.2. The predicted molar refractivity (Wildman–Crippen MR) is 343 cm³/mol. The van der Waals surface area contributed by atoms with Crippen LogP contribution >= 0.6 is 7.82 Å². The summed E-state index contributed by atoms with van der Waals surface area (Å²) in [5, 5.41) is 9.86. The van der Waals surface area contributed by atoms with E-state index in [1.165, 1.54) is 12.8 Å². The van der Waals surface area contributed by atoms with Crippen molar-refractivity contribution in [2.24, 2.45) is 0 Å². The largest absolute Gasteiger partial charge is 0.472 e. The number of ether oxygens (including phenoxy) is 3. The molecule has 0 rings (SSSR count). The molecule has 0 spiro atoms. The van der Waals surface area contributed by atoms with Crippen LogP contribution in [0.1, 0.15) is 239 Å². The Morgan fingerprint density at radius 2 is 0.598 bits per heavy atom. The highest BCUT2D eigenvalue weighted by molar-refractivity contribution is 7.47. The van der Waals surface area contributed by atoms with Crippen LogP contribution in [-0.4, -0.2) is 66.5 Å². The highest BCUT2D eigenvalue weighted by Gasteiger charge is 2.28. The molecule has 2 N–H and O–H groups in total. The van der Waals surface area contributed by atoms with Crippen LogP contribution in [0.25, 0.3) is 0 Å². The van der Waals surface area contributed by atoms with E-state index in [4.69, 9.17) is 23.3 Å². The van der Waals surface area contributed by atoms with Crippen LogP contribution in [0.5, 0.6) is 0 Å². The number of aliphatic hydroxyl groups is 1. The molecule has 0 radical (unpaired) electrons. The van der Waals surface area contributed by atoms with Crippen LogP contribution in [0.4, 0.5) is 0 Å². The van der Waals surface area contributed by atoms with Crippen molar-refractivity contribution in [2.45, 2.75) is 251 Å². The molecule has 464 valence electrons. The Bertz CT molecular complexity index is 1930. The molecule has 3 unspecified atom stereocenters. The fourth-order valence-corrected chi connectivity index (χ4v) is 8.82. The predicted octanol–water partition coefficient (Wildman–Crippen LogP) is 19.5. The highest BCUT2D eigenvalue weighted by atomic mass is 31.2. The molecule has 3 atom stereocenters. The normalized spacial score (nSPS) is 14.3. The SMILES string of the molecule is CC/C=C\C/C=C\C/C=C\C/C=C\C/C=C\CCCCCC(=O)OC(COC(=O)CCCCCCCCC/C=C\C/C=C\C/C=C\CC)COP(=O)(O)OCC(CO)OC(=O)CCCCCCCC/C=C\C/C=C\C/C=C\C/C=C\CC. The average Bonchev–Trinajstić information content (AvgIpc) is 3.50. The van der Waals surface area contributed by atoms with Crippen molar-refractivity contribution < 1.29 is 52.2 Å². The summed E-state index contributed by atoms with van der Waals surface area (Å²) in [6, 6.07) is 0. The zero-order chi connectivity index (χ0) is 59.8. The third kappa shape index (κ3) is 60.0. The summed E-state index contributed by atoms with van der Waals surface area (Å²) in [5.41, 5.74) is 0. The van der Waals surface area contributed by atoms with Gasteiger partial charge in [-0.05, 0) is 135 Å². The molecule has 0 amide bonds. The fourth-order valence-electron chi connectivity index (χ4n) is 8.03. The molecule has 0 saturated heterocycles. The number of phosphoric ester groups is 1. The maximum Gasteiger partial charge on any atom is 0.472 e. The van der Waals surface area contributed by atoms with Crippen LogP contribution in [0.3, 0.4) is 0 Å². The summed E-state index contributed by atoms with van der Waals surface area (Å²) >= 11 is 0. The first kappa shape index (κ1) is 77.4. The molecule has 0 aromatic heterocycles. The first-order valence-electron chi connectivity index (χ1n) is 31.7. The quantitative estimate of drug-likeness (QED) is 0.0197. The molecule has 11 nitrogen and oxygen atoms in total. The van der Waals surface area contributed by atoms with Gasteiger partial charge in [-0.15, -0.1) is 0 Å². The summed E-state index contributed by atoms with van der Waals surface area (Å²) in [7, 11) is -4.78. The second-order valence-electron chi connectivity index (χ2n) is 20.4. The lowest BCUT2D eigenvalue weighted by atomic mass is 10.1. The lowest BCUT2D eigenvalue weighted by molar-refractivity contribution is -0.161. The Morgan fingerprint density at radius 3 is 0.927 bits per heavy atom. The van der Waals surface area contributed by atoms with E-state index in [1.807, 2.05) is 0 Å². The summed E-state index contributed by atoms with van der Waals surface area (Å²) in [6.45, 7) is 4.24. The Kier molecular flexibility index (Phi) is 58.9. The van der Waals surface area contributed by atoms with Crippen molar-refractivity contribution in [1.29, 1.82) is 0 Å². The Balaban J connectivity index is 4.80. The zero-order valence-corrected chi connectivity index (χ0v) is 52.3. The Morgan fingerprint density at radius 1 is 0.341 bits per heavy atom. The topological polar surface area (TPSA) is 155 Å². The van der Waals surface area contributed by atoms with Gasteiger partial charge >= 0.3 is 25.7 Å². The molecule has 0 saturated carbocycles. The van der Waals surface area contributed by atoms with Crippen LogP contribution < -0.4 is 0 Å². The molecule has 0 aliphatic heterocycles. The van der Waals surface area contributed by atoms with Crippen molar-refractivity contribution in [3.8, 4) is 0 Å². The number of esters is 3. The van der Waals surface area contributed by atoms with E-state index < -0.39 is 57.8 Å². The lowest BCUT2D eigenvalue weighted by Crippen LogP contribution is -2.30. The minimum atomic E-state index is -4.78. The van der Waals surface area contributed by atoms with Crippen molar-refractivity contribution in [3.05, 3.63) is 146 Å². The van der Waals surface area contributed by atoms with E-state index in [2.05, 4.69) is 167 Å². The molecule has 82 heavy (non-hydrogen) atoms.